The number of carbonyl (C=O) groups is 1. The summed E-state index contributed by atoms with van der Waals surface area (Å²) >= 11 is 0. The SMILES string of the molecule is CC(N)C(OC(=O)C(C)(C)C)c1ccccc1.CCO.Cl. The quantitative estimate of drug-likeness (QED) is 0.840. The molecule has 0 amide bonds. The standard InChI is InChI=1S/C14H21NO2.C2H6O.ClH/c1-10(15)12(11-8-6-5-7-9-11)17-13(16)14(2,3)4;1-2-3;/h5-10,12H,15H2,1-4H3;3H,2H2,1H3;1H. The van der Waals surface area contributed by atoms with Gasteiger partial charge in [0, 0.05) is 12.6 Å². The van der Waals surface area contributed by atoms with E-state index in [1.165, 1.54) is 0 Å². The molecule has 2 unspecified atom stereocenters. The van der Waals surface area contributed by atoms with E-state index in [4.69, 9.17) is 15.6 Å². The van der Waals surface area contributed by atoms with Crippen LogP contribution in [0.15, 0.2) is 30.3 Å². The van der Waals surface area contributed by atoms with Gasteiger partial charge >= 0.3 is 5.97 Å². The van der Waals surface area contributed by atoms with Crippen LogP contribution in [0.4, 0.5) is 0 Å². The number of nitrogens with two attached hydrogens (primary N) is 1. The summed E-state index contributed by atoms with van der Waals surface area (Å²) in [7, 11) is 0. The van der Waals surface area contributed by atoms with E-state index in [2.05, 4.69) is 0 Å². The molecular weight excluding hydrogens is 290 g/mol. The second kappa shape index (κ2) is 10.6. The van der Waals surface area contributed by atoms with Crippen molar-refractivity contribution in [2.45, 2.75) is 46.8 Å². The molecule has 4 nitrogen and oxygen atoms in total. The van der Waals surface area contributed by atoms with E-state index in [-0.39, 0.29) is 37.1 Å². The lowest BCUT2D eigenvalue weighted by atomic mass is 9.96. The van der Waals surface area contributed by atoms with Crippen molar-refractivity contribution in [3.05, 3.63) is 35.9 Å². The maximum atomic E-state index is 11.9. The maximum Gasteiger partial charge on any atom is 0.311 e. The summed E-state index contributed by atoms with van der Waals surface area (Å²) in [5, 5.41) is 7.57. The summed E-state index contributed by atoms with van der Waals surface area (Å²) in [6, 6.07) is 9.36. The summed E-state index contributed by atoms with van der Waals surface area (Å²) < 4.78 is 5.50. The summed E-state index contributed by atoms with van der Waals surface area (Å²) in [6.45, 7) is 9.27. The second-order valence-electron chi connectivity index (χ2n) is 5.66. The minimum Gasteiger partial charge on any atom is -0.455 e. The van der Waals surface area contributed by atoms with Gasteiger partial charge in [-0.2, -0.15) is 0 Å². The van der Waals surface area contributed by atoms with Gasteiger partial charge in [-0.05, 0) is 40.2 Å². The first kappa shape index (κ1) is 22.2. The molecule has 122 valence electrons. The first-order chi connectivity index (χ1) is 9.23. The second-order valence-corrected chi connectivity index (χ2v) is 5.66. The van der Waals surface area contributed by atoms with Crippen molar-refractivity contribution in [1.82, 2.24) is 0 Å². The summed E-state index contributed by atoms with van der Waals surface area (Å²) in [5.74, 6) is -0.233. The van der Waals surface area contributed by atoms with Gasteiger partial charge in [-0.15, -0.1) is 12.4 Å². The number of esters is 1. The van der Waals surface area contributed by atoms with Gasteiger partial charge in [0.05, 0.1) is 5.41 Å². The van der Waals surface area contributed by atoms with Gasteiger partial charge in [-0.25, -0.2) is 0 Å². The van der Waals surface area contributed by atoms with E-state index in [9.17, 15) is 4.79 Å². The Bertz CT molecular complexity index is 388. The average Bonchev–Trinajstić information content (AvgIpc) is 2.36. The number of aliphatic hydroxyl groups excluding tert-OH is 1. The average molecular weight is 318 g/mol. The number of hydrogen-bond donors (Lipinski definition) is 2. The van der Waals surface area contributed by atoms with Crippen LogP contribution < -0.4 is 5.73 Å². The highest BCUT2D eigenvalue weighted by molar-refractivity contribution is 5.85. The number of benzene rings is 1. The highest BCUT2D eigenvalue weighted by Crippen LogP contribution is 2.25. The molecule has 1 aromatic rings. The number of halogens is 1. The van der Waals surface area contributed by atoms with Crippen LogP contribution in [-0.4, -0.2) is 23.7 Å². The topological polar surface area (TPSA) is 72.5 Å². The first-order valence-corrected chi connectivity index (χ1v) is 6.86. The lowest BCUT2D eigenvalue weighted by molar-refractivity contribution is -0.160. The van der Waals surface area contributed by atoms with E-state index in [1.54, 1.807) is 6.92 Å². The van der Waals surface area contributed by atoms with Gasteiger partial charge in [-0.1, -0.05) is 30.3 Å². The molecule has 0 heterocycles. The molecule has 0 bridgehead atoms. The van der Waals surface area contributed by atoms with Gasteiger partial charge < -0.3 is 15.6 Å². The monoisotopic (exact) mass is 317 g/mol. The van der Waals surface area contributed by atoms with Gasteiger partial charge in [-0.3, -0.25) is 4.79 Å². The largest absolute Gasteiger partial charge is 0.455 e. The minimum absolute atomic E-state index is 0. The fourth-order valence-electron chi connectivity index (χ4n) is 1.41. The Balaban J connectivity index is 0. The Labute approximate surface area is 134 Å². The van der Waals surface area contributed by atoms with Crippen LogP contribution in [0.3, 0.4) is 0 Å². The number of hydrogen-bond acceptors (Lipinski definition) is 4. The van der Waals surface area contributed by atoms with E-state index < -0.39 is 5.41 Å². The fraction of sp³-hybridized carbons (Fsp3) is 0.562. The molecule has 0 spiro atoms. The Morgan fingerprint density at radius 2 is 1.71 bits per heavy atom. The molecule has 0 aliphatic rings. The number of carbonyl (C=O) groups excluding carboxylic acids is 1. The predicted molar refractivity (Wildman–Crippen MR) is 88.4 cm³/mol. The molecule has 1 rings (SSSR count). The number of aliphatic hydroxyl groups is 1. The van der Waals surface area contributed by atoms with Crippen molar-refractivity contribution < 1.29 is 14.6 Å². The van der Waals surface area contributed by atoms with Gasteiger partial charge in [0.1, 0.15) is 6.10 Å². The molecule has 3 N–H and O–H groups in total. The Morgan fingerprint density at radius 1 is 1.29 bits per heavy atom. The molecule has 5 heteroatoms. The van der Waals surface area contributed by atoms with Gasteiger partial charge in [0.25, 0.3) is 0 Å². The zero-order valence-electron chi connectivity index (χ0n) is 13.5. The third-order valence-electron chi connectivity index (χ3n) is 2.45. The molecular formula is C16H28ClNO3. The Morgan fingerprint density at radius 3 is 2.05 bits per heavy atom. The summed E-state index contributed by atoms with van der Waals surface area (Å²) in [5.41, 5.74) is 6.30. The Hall–Kier alpha value is -1.10. The van der Waals surface area contributed by atoms with Gasteiger partial charge in [0.2, 0.25) is 0 Å². The van der Waals surface area contributed by atoms with Crippen LogP contribution >= 0.6 is 12.4 Å². The van der Waals surface area contributed by atoms with E-state index >= 15 is 0 Å². The lowest BCUT2D eigenvalue weighted by Crippen LogP contribution is -2.33. The molecule has 1 aromatic carbocycles. The molecule has 0 aliphatic carbocycles. The van der Waals surface area contributed by atoms with Crippen molar-refractivity contribution in [2.24, 2.45) is 11.1 Å². The highest BCUT2D eigenvalue weighted by Gasteiger charge is 2.28. The number of rotatable bonds is 3. The minimum atomic E-state index is -0.512. The highest BCUT2D eigenvalue weighted by atomic mass is 35.5. The van der Waals surface area contributed by atoms with Crippen molar-refractivity contribution in [3.63, 3.8) is 0 Å². The predicted octanol–water partition coefficient (Wildman–Crippen LogP) is 3.08. The van der Waals surface area contributed by atoms with Crippen molar-refractivity contribution in [1.29, 1.82) is 0 Å². The van der Waals surface area contributed by atoms with Crippen LogP contribution in [0, 0.1) is 5.41 Å². The van der Waals surface area contributed by atoms with E-state index in [0.29, 0.717) is 0 Å². The van der Waals surface area contributed by atoms with Crippen molar-refractivity contribution in [3.8, 4) is 0 Å². The first-order valence-electron chi connectivity index (χ1n) is 6.86. The zero-order chi connectivity index (χ0) is 15.8. The third kappa shape index (κ3) is 8.71. The molecule has 0 aromatic heterocycles. The molecule has 0 saturated carbocycles. The number of ether oxygens (including phenoxy) is 1. The van der Waals surface area contributed by atoms with Crippen molar-refractivity contribution >= 4 is 18.4 Å². The molecule has 21 heavy (non-hydrogen) atoms. The smallest absolute Gasteiger partial charge is 0.311 e. The van der Waals surface area contributed by atoms with Gasteiger partial charge in [0.15, 0.2) is 0 Å². The van der Waals surface area contributed by atoms with Crippen LogP contribution in [0.5, 0.6) is 0 Å². The Kier molecular flexibility index (Phi) is 11.2. The molecule has 0 aliphatic heterocycles. The molecule has 0 fully saturated rings. The summed E-state index contributed by atoms with van der Waals surface area (Å²) in [6.07, 6.45) is -0.386. The van der Waals surface area contributed by atoms with Crippen LogP contribution in [0.1, 0.15) is 46.3 Å². The zero-order valence-corrected chi connectivity index (χ0v) is 14.3. The fourth-order valence-corrected chi connectivity index (χ4v) is 1.41. The lowest BCUT2D eigenvalue weighted by Gasteiger charge is -2.26. The van der Waals surface area contributed by atoms with Crippen LogP contribution in [0.25, 0.3) is 0 Å². The molecule has 2 atom stereocenters. The molecule has 0 saturated heterocycles. The van der Waals surface area contributed by atoms with E-state index in [0.717, 1.165) is 5.56 Å². The van der Waals surface area contributed by atoms with Crippen LogP contribution in [-0.2, 0) is 9.53 Å². The maximum absolute atomic E-state index is 11.9. The van der Waals surface area contributed by atoms with E-state index in [1.807, 2.05) is 58.0 Å². The van der Waals surface area contributed by atoms with Crippen LogP contribution in [0.2, 0.25) is 0 Å². The summed E-state index contributed by atoms with van der Waals surface area (Å²) in [4.78, 5) is 11.9. The third-order valence-corrected chi connectivity index (χ3v) is 2.45. The molecule has 0 radical (unpaired) electrons. The van der Waals surface area contributed by atoms with Crippen molar-refractivity contribution in [2.75, 3.05) is 6.61 Å². The normalized spacial score (nSPS) is 13.1.